The summed E-state index contributed by atoms with van der Waals surface area (Å²) in [5, 5.41) is 1.20. The zero-order valence-corrected chi connectivity index (χ0v) is 5.69. The Morgan fingerprint density at radius 3 is 2.67 bits per heavy atom. The summed E-state index contributed by atoms with van der Waals surface area (Å²) in [7, 11) is 0. The lowest BCUT2D eigenvalue weighted by Crippen LogP contribution is -2.31. The van der Waals surface area contributed by atoms with E-state index in [1.54, 1.807) is 0 Å². The first-order valence-corrected chi connectivity index (χ1v) is 3.88. The highest BCUT2D eigenvalue weighted by Gasteiger charge is 2.18. The first-order valence-electron chi connectivity index (χ1n) is 2.74. The summed E-state index contributed by atoms with van der Waals surface area (Å²) in [4.78, 5) is 0. The molecule has 0 bridgehead atoms. The van der Waals surface area contributed by atoms with E-state index in [9.17, 15) is 8.76 Å². The Morgan fingerprint density at radius 2 is 2.56 bits per heavy atom. The van der Waals surface area contributed by atoms with Crippen LogP contribution in [-0.4, -0.2) is 14.8 Å². The van der Waals surface area contributed by atoms with Gasteiger partial charge in [-0.1, -0.05) is 0 Å². The van der Waals surface area contributed by atoms with Crippen LogP contribution < -0.4 is 5.73 Å². The van der Waals surface area contributed by atoms with Crippen LogP contribution in [0.3, 0.4) is 0 Å². The molecule has 2 N–H and O–H groups in total. The fourth-order valence-electron chi connectivity index (χ4n) is 0.748. The maximum Gasteiger partial charge on any atom is 0.0265 e. The number of hydrogen-bond donors (Lipinski definition) is 1. The van der Waals surface area contributed by atoms with E-state index in [2.05, 4.69) is 0 Å². The molecule has 1 fully saturated rings. The molecular weight excluding hydrogens is 138 g/mol. The van der Waals surface area contributed by atoms with Crippen LogP contribution in [0, 0.1) is 0 Å². The second-order valence-electron chi connectivity index (χ2n) is 2.10. The lowest BCUT2D eigenvalue weighted by atomic mass is 9.88. The number of hydrogen-bond acceptors (Lipinski definition) is 3. The molecule has 0 amide bonds. The van der Waals surface area contributed by atoms with E-state index >= 15 is 0 Å². The maximum absolute atomic E-state index is 10.0. The first kappa shape index (κ1) is 6.92. The van der Waals surface area contributed by atoms with Crippen molar-refractivity contribution in [3.63, 3.8) is 0 Å². The Labute approximate surface area is 56.2 Å². The van der Waals surface area contributed by atoms with E-state index < -0.39 is 11.1 Å². The zero-order valence-electron chi connectivity index (χ0n) is 4.87. The Morgan fingerprint density at radius 1 is 1.89 bits per heavy atom. The van der Waals surface area contributed by atoms with Crippen molar-refractivity contribution in [2.75, 3.05) is 0 Å². The summed E-state index contributed by atoms with van der Waals surface area (Å²) in [6.45, 7) is 0. The van der Waals surface area contributed by atoms with Crippen molar-refractivity contribution in [2.45, 2.75) is 18.9 Å². The van der Waals surface area contributed by atoms with Crippen molar-refractivity contribution in [3.05, 3.63) is 11.0 Å². The molecule has 2 atom stereocenters. The molecular formula is C5H8NO2S-. The predicted molar refractivity (Wildman–Crippen MR) is 34.2 cm³/mol. The Bertz CT molecular complexity index is 166. The lowest BCUT2D eigenvalue weighted by molar-refractivity contribution is 0.536. The van der Waals surface area contributed by atoms with Crippen LogP contribution in [0.15, 0.2) is 11.0 Å². The van der Waals surface area contributed by atoms with Gasteiger partial charge >= 0.3 is 0 Å². The second-order valence-corrected chi connectivity index (χ2v) is 2.86. The van der Waals surface area contributed by atoms with Crippen LogP contribution in [-0.2, 0) is 11.1 Å². The topological polar surface area (TPSA) is 66.2 Å². The minimum atomic E-state index is -2.06. The second kappa shape index (κ2) is 2.60. The fourth-order valence-corrected chi connectivity index (χ4v) is 1.29. The molecule has 0 aromatic carbocycles. The van der Waals surface area contributed by atoms with Gasteiger partial charge in [0.05, 0.1) is 0 Å². The van der Waals surface area contributed by atoms with Crippen molar-refractivity contribution in [2.24, 2.45) is 5.73 Å². The van der Waals surface area contributed by atoms with E-state index in [1.807, 2.05) is 0 Å². The molecule has 2 unspecified atom stereocenters. The van der Waals surface area contributed by atoms with Crippen LogP contribution in [0.5, 0.6) is 0 Å². The average Bonchev–Trinajstić information content (AvgIpc) is 1.79. The molecule has 0 saturated heterocycles. The summed E-state index contributed by atoms with van der Waals surface area (Å²) >= 11 is -2.06. The van der Waals surface area contributed by atoms with E-state index in [-0.39, 0.29) is 6.04 Å². The molecule has 0 aliphatic heterocycles. The molecule has 0 radical (unpaired) electrons. The highest BCUT2D eigenvalue weighted by molar-refractivity contribution is 7.82. The average molecular weight is 146 g/mol. The van der Waals surface area contributed by atoms with E-state index in [0.717, 1.165) is 18.4 Å². The summed E-state index contributed by atoms with van der Waals surface area (Å²) in [5.41, 5.74) is 6.28. The minimum Gasteiger partial charge on any atom is -0.769 e. The highest BCUT2D eigenvalue weighted by Crippen LogP contribution is 2.24. The van der Waals surface area contributed by atoms with Crippen LogP contribution in [0.25, 0.3) is 0 Å². The van der Waals surface area contributed by atoms with Gasteiger partial charge in [-0.05, 0) is 34.9 Å². The molecule has 1 aliphatic rings. The third-order valence-corrected chi connectivity index (χ3v) is 1.96. The molecule has 9 heavy (non-hydrogen) atoms. The quantitative estimate of drug-likeness (QED) is 0.524. The number of nitrogens with two attached hydrogens (primary N) is 1. The number of rotatable bonds is 1. The van der Waals surface area contributed by atoms with Gasteiger partial charge in [0.25, 0.3) is 0 Å². The van der Waals surface area contributed by atoms with Crippen LogP contribution >= 0.6 is 0 Å². The Balaban J connectivity index is 2.51. The van der Waals surface area contributed by atoms with Crippen molar-refractivity contribution in [3.8, 4) is 0 Å². The van der Waals surface area contributed by atoms with Gasteiger partial charge in [0.15, 0.2) is 0 Å². The van der Waals surface area contributed by atoms with E-state index in [1.165, 1.54) is 5.41 Å². The lowest BCUT2D eigenvalue weighted by Gasteiger charge is -2.25. The standard InChI is InChI=1S/C5H9NO2S/c6-5-2-1-4(5)3-9(7)8/h3,5H,1-2,6H2,(H,7,8)/p-1. The van der Waals surface area contributed by atoms with E-state index in [4.69, 9.17) is 5.73 Å². The first-order chi connectivity index (χ1) is 4.20. The zero-order chi connectivity index (χ0) is 6.85. The maximum atomic E-state index is 10.0. The van der Waals surface area contributed by atoms with Gasteiger partial charge in [0.1, 0.15) is 0 Å². The van der Waals surface area contributed by atoms with Gasteiger partial charge in [0.2, 0.25) is 0 Å². The fraction of sp³-hybridized carbons (Fsp3) is 0.600. The monoisotopic (exact) mass is 146 g/mol. The Kier molecular flexibility index (Phi) is 2.00. The molecule has 1 aliphatic carbocycles. The van der Waals surface area contributed by atoms with Crippen LogP contribution in [0.4, 0.5) is 0 Å². The van der Waals surface area contributed by atoms with Crippen molar-refractivity contribution >= 4 is 11.1 Å². The summed E-state index contributed by atoms with van der Waals surface area (Å²) < 4.78 is 20.0. The summed E-state index contributed by atoms with van der Waals surface area (Å²) in [6, 6.07) is 0.00269. The van der Waals surface area contributed by atoms with Gasteiger partial charge in [-0.2, -0.15) is 0 Å². The molecule has 4 heteroatoms. The summed E-state index contributed by atoms with van der Waals surface area (Å²) in [5.74, 6) is 0. The summed E-state index contributed by atoms with van der Waals surface area (Å²) in [6.07, 6.45) is 1.76. The molecule has 0 heterocycles. The smallest absolute Gasteiger partial charge is 0.0265 e. The van der Waals surface area contributed by atoms with E-state index in [0.29, 0.717) is 0 Å². The van der Waals surface area contributed by atoms with Crippen molar-refractivity contribution < 1.29 is 8.76 Å². The van der Waals surface area contributed by atoms with Gasteiger partial charge < -0.3 is 10.3 Å². The van der Waals surface area contributed by atoms with Gasteiger partial charge in [-0.15, -0.1) is 0 Å². The third-order valence-electron chi connectivity index (χ3n) is 1.47. The van der Waals surface area contributed by atoms with Crippen LogP contribution in [0.1, 0.15) is 12.8 Å². The molecule has 0 spiro atoms. The van der Waals surface area contributed by atoms with Gasteiger partial charge in [-0.25, -0.2) is 0 Å². The molecule has 1 rings (SSSR count). The van der Waals surface area contributed by atoms with Crippen molar-refractivity contribution in [1.82, 2.24) is 0 Å². The van der Waals surface area contributed by atoms with Gasteiger partial charge in [-0.3, -0.25) is 4.21 Å². The molecule has 52 valence electrons. The highest BCUT2D eigenvalue weighted by atomic mass is 32.2. The molecule has 0 aromatic rings. The predicted octanol–water partition coefficient (Wildman–Crippen LogP) is -0.130. The molecule has 1 saturated carbocycles. The normalized spacial score (nSPS) is 34.0. The Hall–Kier alpha value is -0.190. The minimum absolute atomic E-state index is 0.00269. The molecule has 3 nitrogen and oxygen atoms in total. The third kappa shape index (κ3) is 1.61. The van der Waals surface area contributed by atoms with Crippen molar-refractivity contribution in [1.29, 1.82) is 0 Å². The van der Waals surface area contributed by atoms with Crippen LogP contribution in [0.2, 0.25) is 0 Å². The van der Waals surface area contributed by atoms with Gasteiger partial charge in [0, 0.05) is 6.04 Å². The SMILES string of the molecule is NC1CCC1=CS(=O)[O-]. The molecule has 0 aromatic heterocycles. The largest absolute Gasteiger partial charge is 0.769 e.